The molecule has 2 rings (SSSR count). The van der Waals surface area contributed by atoms with Gasteiger partial charge in [0.1, 0.15) is 18.2 Å². The van der Waals surface area contributed by atoms with Gasteiger partial charge in [-0.25, -0.2) is 4.39 Å². The average Bonchev–Trinajstić information content (AvgIpc) is 2.76. The van der Waals surface area contributed by atoms with Crippen LogP contribution in [0.5, 0.6) is 0 Å². The van der Waals surface area contributed by atoms with Crippen LogP contribution in [0.1, 0.15) is 38.0 Å². The normalized spacial score (nSPS) is 11.9. The second-order valence-corrected chi connectivity index (χ2v) is 5.98. The molecular weight excluding hydrogens is 281 g/mol. The zero-order valence-electron chi connectivity index (χ0n) is 11.7. The summed E-state index contributed by atoms with van der Waals surface area (Å²) in [6.07, 6.45) is 0.232. The third kappa shape index (κ3) is 2.83. The Kier molecular flexibility index (Phi) is 4.11. The maximum Gasteiger partial charge on any atom is 0.159 e. The largest absolute Gasteiger partial charge is 0.388 e. The number of hydrogen-bond acceptors (Lipinski definition) is 3. The van der Waals surface area contributed by atoms with Crippen molar-refractivity contribution in [2.24, 2.45) is 0 Å². The van der Waals surface area contributed by atoms with Crippen LogP contribution in [0, 0.1) is 5.82 Å². The van der Waals surface area contributed by atoms with Crippen LogP contribution in [-0.4, -0.2) is 19.9 Å². The Morgan fingerprint density at radius 1 is 1.25 bits per heavy atom. The number of rotatable bonds is 3. The highest BCUT2D eigenvalue weighted by Gasteiger charge is 2.23. The molecule has 0 saturated carbocycles. The molecule has 0 unspecified atom stereocenters. The molecule has 1 N–H and O–H groups in total. The first-order chi connectivity index (χ1) is 9.34. The lowest BCUT2D eigenvalue weighted by molar-refractivity contribution is 0.248. The van der Waals surface area contributed by atoms with Gasteiger partial charge in [0, 0.05) is 22.5 Å². The fourth-order valence-corrected chi connectivity index (χ4v) is 2.43. The molecule has 20 heavy (non-hydrogen) atoms. The van der Waals surface area contributed by atoms with Crippen molar-refractivity contribution in [3.63, 3.8) is 0 Å². The fourth-order valence-electron chi connectivity index (χ4n) is 2.20. The third-order valence-corrected chi connectivity index (χ3v) is 3.36. The smallest absolute Gasteiger partial charge is 0.159 e. The van der Waals surface area contributed by atoms with Crippen molar-refractivity contribution in [2.75, 3.05) is 0 Å². The van der Waals surface area contributed by atoms with E-state index in [0.29, 0.717) is 22.2 Å². The number of aliphatic hydroxyl groups is 1. The minimum absolute atomic E-state index is 0.213. The highest BCUT2D eigenvalue weighted by Crippen LogP contribution is 2.25. The quantitative estimate of drug-likeness (QED) is 0.948. The van der Waals surface area contributed by atoms with Gasteiger partial charge in [0.25, 0.3) is 0 Å². The summed E-state index contributed by atoms with van der Waals surface area (Å²) in [5.74, 6) is 0.667. The first-order valence-electron chi connectivity index (χ1n) is 6.32. The lowest BCUT2D eigenvalue weighted by Gasteiger charge is -2.24. The van der Waals surface area contributed by atoms with Crippen molar-refractivity contribution in [1.29, 1.82) is 0 Å². The van der Waals surface area contributed by atoms with Crippen LogP contribution in [0.3, 0.4) is 0 Å². The van der Waals surface area contributed by atoms with Gasteiger partial charge in [-0.3, -0.25) is 0 Å². The van der Waals surface area contributed by atoms with Crippen LogP contribution in [0.2, 0.25) is 5.02 Å². The van der Waals surface area contributed by atoms with Crippen molar-refractivity contribution >= 4 is 11.6 Å². The summed E-state index contributed by atoms with van der Waals surface area (Å²) in [6, 6.07) is 4.57. The molecule has 0 aliphatic rings. The number of halogens is 2. The van der Waals surface area contributed by atoms with Crippen LogP contribution in [-0.2, 0) is 18.6 Å². The van der Waals surface area contributed by atoms with Gasteiger partial charge in [0.05, 0.1) is 0 Å². The molecular formula is C14H17ClFN3O. The molecule has 0 fully saturated rings. The van der Waals surface area contributed by atoms with Gasteiger partial charge in [-0.15, -0.1) is 10.2 Å². The Balaban J connectivity index is 2.47. The van der Waals surface area contributed by atoms with E-state index in [0.717, 1.165) is 0 Å². The van der Waals surface area contributed by atoms with E-state index >= 15 is 0 Å². The monoisotopic (exact) mass is 297 g/mol. The first kappa shape index (κ1) is 14.9. The number of nitrogens with zero attached hydrogens (tertiary/aromatic N) is 3. The summed E-state index contributed by atoms with van der Waals surface area (Å²) in [6.45, 7) is 5.71. The molecule has 1 aromatic carbocycles. The Morgan fingerprint density at radius 2 is 1.90 bits per heavy atom. The Labute approximate surface area is 122 Å². The van der Waals surface area contributed by atoms with E-state index in [9.17, 15) is 9.50 Å². The zero-order valence-corrected chi connectivity index (χ0v) is 12.4. The van der Waals surface area contributed by atoms with Gasteiger partial charge < -0.3 is 9.67 Å². The molecule has 2 aromatic rings. The highest BCUT2D eigenvalue weighted by molar-refractivity contribution is 6.31. The van der Waals surface area contributed by atoms with E-state index in [4.69, 9.17) is 11.6 Å². The second kappa shape index (κ2) is 5.50. The number of aromatic nitrogens is 3. The summed E-state index contributed by atoms with van der Waals surface area (Å²) in [7, 11) is 0. The average molecular weight is 298 g/mol. The van der Waals surface area contributed by atoms with Gasteiger partial charge in [-0.2, -0.15) is 0 Å². The lowest BCUT2D eigenvalue weighted by Crippen LogP contribution is -2.26. The van der Waals surface area contributed by atoms with E-state index in [2.05, 4.69) is 10.2 Å². The maximum atomic E-state index is 13.9. The Bertz CT molecular complexity index is 599. The predicted octanol–water partition coefficient (Wildman–Crippen LogP) is 2.91. The zero-order chi connectivity index (χ0) is 14.9. The summed E-state index contributed by atoms with van der Waals surface area (Å²) < 4.78 is 15.7. The maximum absolute atomic E-state index is 13.9. The predicted molar refractivity (Wildman–Crippen MR) is 75.2 cm³/mol. The fraction of sp³-hybridized carbons (Fsp3) is 0.429. The van der Waals surface area contributed by atoms with Gasteiger partial charge in [-0.1, -0.05) is 17.7 Å². The Morgan fingerprint density at radius 3 is 2.45 bits per heavy atom. The molecule has 108 valence electrons. The molecule has 0 aliphatic heterocycles. The standard InChI is InChI=1S/C14H17ClFN3O/c1-14(2,3)19-12(17-18-13(19)8-20)7-9-10(15)5-4-6-11(9)16/h4-6,20H,7-8H2,1-3H3. The van der Waals surface area contributed by atoms with E-state index in [1.807, 2.05) is 25.3 Å². The lowest BCUT2D eigenvalue weighted by atomic mass is 10.1. The molecule has 1 aromatic heterocycles. The topological polar surface area (TPSA) is 50.9 Å². The van der Waals surface area contributed by atoms with Gasteiger partial charge in [0.15, 0.2) is 5.82 Å². The molecule has 0 aliphatic carbocycles. The van der Waals surface area contributed by atoms with Crippen LogP contribution in [0.25, 0.3) is 0 Å². The van der Waals surface area contributed by atoms with Crippen LogP contribution >= 0.6 is 11.6 Å². The van der Waals surface area contributed by atoms with Gasteiger partial charge >= 0.3 is 0 Å². The van der Waals surface area contributed by atoms with Gasteiger partial charge in [0.2, 0.25) is 0 Å². The van der Waals surface area contributed by atoms with Crippen molar-refractivity contribution < 1.29 is 9.50 Å². The number of aliphatic hydroxyl groups excluding tert-OH is 1. The van der Waals surface area contributed by atoms with E-state index < -0.39 is 0 Å². The van der Waals surface area contributed by atoms with E-state index in [1.165, 1.54) is 6.07 Å². The molecule has 0 saturated heterocycles. The molecule has 0 amide bonds. The molecule has 0 atom stereocenters. The summed E-state index contributed by atoms with van der Waals surface area (Å²) in [4.78, 5) is 0. The summed E-state index contributed by atoms with van der Waals surface area (Å²) in [5, 5.41) is 17.7. The molecule has 0 bridgehead atoms. The van der Waals surface area contributed by atoms with Crippen LogP contribution < -0.4 is 0 Å². The molecule has 0 spiro atoms. The molecule has 6 heteroatoms. The minimum atomic E-state index is -0.369. The highest BCUT2D eigenvalue weighted by atomic mass is 35.5. The summed E-state index contributed by atoms with van der Waals surface area (Å²) >= 11 is 6.04. The number of benzene rings is 1. The third-order valence-electron chi connectivity index (χ3n) is 3.01. The van der Waals surface area contributed by atoms with Crippen LogP contribution in [0.4, 0.5) is 4.39 Å². The molecule has 1 heterocycles. The van der Waals surface area contributed by atoms with E-state index in [1.54, 1.807) is 12.1 Å². The van der Waals surface area contributed by atoms with Crippen molar-refractivity contribution in [2.45, 2.75) is 39.3 Å². The minimum Gasteiger partial charge on any atom is -0.388 e. The van der Waals surface area contributed by atoms with Gasteiger partial charge in [-0.05, 0) is 32.9 Å². The molecule has 0 radical (unpaired) electrons. The van der Waals surface area contributed by atoms with Crippen molar-refractivity contribution in [3.05, 3.63) is 46.3 Å². The number of hydrogen-bond donors (Lipinski definition) is 1. The van der Waals surface area contributed by atoms with Crippen molar-refractivity contribution in [1.82, 2.24) is 14.8 Å². The van der Waals surface area contributed by atoms with Crippen molar-refractivity contribution in [3.8, 4) is 0 Å². The van der Waals surface area contributed by atoms with Crippen LogP contribution in [0.15, 0.2) is 18.2 Å². The second-order valence-electron chi connectivity index (χ2n) is 5.57. The summed E-state index contributed by atoms with van der Waals surface area (Å²) in [5.41, 5.74) is 0.0748. The Hall–Kier alpha value is -1.46. The molecule has 4 nitrogen and oxygen atoms in total. The first-order valence-corrected chi connectivity index (χ1v) is 6.69. The van der Waals surface area contributed by atoms with E-state index in [-0.39, 0.29) is 24.4 Å². The SMILES string of the molecule is CC(C)(C)n1c(CO)nnc1Cc1c(F)cccc1Cl.